The van der Waals surface area contributed by atoms with E-state index >= 15 is 4.39 Å². The number of nitrogens with one attached hydrogen (secondary N) is 1. The summed E-state index contributed by atoms with van der Waals surface area (Å²) in [6, 6.07) is 10.6. The molecule has 2 aromatic carbocycles. The van der Waals surface area contributed by atoms with Gasteiger partial charge in [-0.3, -0.25) is 4.68 Å². The second-order valence-corrected chi connectivity index (χ2v) is 12.7. The minimum absolute atomic E-state index is 0.0552. The van der Waals surface area contributed by atoms with Crippen LogP contribution in [0.2, 0.25) is 5.02 Å². The number of hydrogen-bond donors (Lipinski definition) is 2. The number of amides is 1. The van der Waals surface area contributed by atoms with E-state index in [1.54, 1.807) is 23.0 Å². The summed E-state index contributed by atoms with van der Waals surface area (Å²) < 4.78 is 24.8. The second-order valence-electron chi connectivity index (χ2n) is 12.3. The predicted octanol–water partition coefficient (Wildman–Crippen LogP) is 5.53. The van der Waals surface area contributed by atoms with Crippen LogP contribution in [0.3, 0.4) is 0 Å². The molecule has 0 spiro atoms. The Morgan fingerprint density at radius 2 is 2.04 bits per heavy atom. The molecule has 1 aliphatic carbocycles. The molecule has 45 heavy (non-hydrogen) atoms. The first-order valence-corrected chi connectivity index (χ1v) is 15.7. The Labute approximate surface area is 263 Å². The lowest BCUT2D eigenvalue weighted by Gasteiger charge is -2.27. The normalized spacial score (nSPS) is 24.6. The topological polar surface area (TPSA) is 123 Å². The van der Waals surface area contributed by atoms with Crippen molar-refractivity contribution >= 4 is 45.6 Å². The molecule has 0 bridgehead atoms. The average molecular weight is 631 g/mol. The molecule has 2 N–H and O–H groups in total. The van der Waals surface area contributed by atoms with Gasteiger partial charge in [0.05, 0.1) is 16.7 Å². The highest BCUT2D eigenvalue weighted by Gasteiger charge is 2.67. The van der Waals surface area contributed by atoms with Gasteiger partial charge < -0.3 is 20.1 Å². The monoisotopic (exact) mass is 630 g/mol. The number of nitrogens with zero attached hydrogens (tertiary/aromatic N) is 7. The molecule has 1 saturated carbocycles. The SMILES string of the molecule is Cn1cc2c(Cl)c(-c3nn(C4CCCCO4)c4nc(N5CC[C@@H]6[C@H](C5)[C@@]6(CNC(=O)O)c5ccccc5F)cnc34)ccc2n1. The van der Waals surface area contributed by atoms with Crippen molar-refractivity contribution in [3.8, 4) is 11.3 Å². The summed E-state index contributed by atoms with van der Waals surface area (Å²) in [7, 11) is 1.86. The maximum atomic E-state index is 15.1. The molecule has 1 amide bonds. The molecule has 1 unspecified atom stereocenters. The number of halogens is 2. The van der Waals surface area contributed by atoms with Gasteiger partial charge in [0, 0.05) is 55.9 Å². The summed E-state index contributed by atoms with van der Waals surface area (Å²) in [5, 5.41) is 22.8. The minimum atomic E-state index is -1.11. The van der Waals surface area contributed by atoms with Gasteiger partial charge >= 0.3 is 6.09 Å². The van der Waals surface area contributed by atoms with E-state index in [9.17, 15) is 9.90 Å². The van der Waals surface area contributed by atoms with E-state index in [1.807, 2.05) is 36.1 Å². The Morgan fingerprint density at radius 1 is 1.18 bits per heavy atom. The van der Waals surface area contributed by atoms with Gasteiger partial charge in [-0.2, -0.15) is 10.2 Å². The predicted molar refractivity (Wildman–Crippen MR) is 167 cm³/mol. The Kier molecular flexibility index (Phi) is 6.68. The third-order valence-corrected chi connectivity index (χ3v) is 10.3. The number of ether oxygens (including phenoxy) is 1. The first kappa shape index (κ1) is 28.2. The van der Waals surface area contributed by atoms with E-state index in [2.05, 4.69) is 15.3 Å². The smallest absolute Gasteiger partial charge is 0.404 e. The molecular formula is C32H32ClFN8O3. The van der Waals surface area contributed by atoms with E-state index in [0.29, 0.717) is 53.0 Å². The van der Waals surface area contributed by atoms with Gasteiger partial charge in [0.25, 0.3) is 0 Å². The molecule has 2 saturated heterocycles. The summed E-state index contributed by atoms with van der Waals surface area (Å²) in [6.07, 6.45) is 5.88. The van der Waals surface area contributed by atoms with Gasteiger partial charge in [0.1, 0.15) is 22.8 Å². The van der Waals surface area contributed by atoms with Crippen LogP contribution in [0.15, 0.2) is 48.8 Å². The lowest BCUT2D eigenvalue weighted by molar-refractivity contribution is -0.0368. The maximum absolute atomic E-state index is 15.1. The third-order valence-electron chi connectivity index (χ3n) is 9.87. The van der Waals surface area contributed by atoms with Gasteiger partial charge in [-0.15, -0.1) is 0 Å². The first-order valence-electron chi connectivity index (χ1n) is 15.3. The highest BCUT2D eigenvalue weighted by molar-refractivity contribution is 6.38. The quantitative estimate of drug-likeness (QED) is 0.251. The van der Waals surface area contributed by atoms with Crippen LogP contribution >= 0.6 is 11.6 Å². The summed E-state index contributed by atoms with van der Waals surface area (Å²) >= 11 is 6.93. The molecule has 11 nitrogen and oxygen atoms in total. The van der Waals surface area contributed by atoms with Gasteiger partial charge in [-0.1, -0.05) is 29.8 Å². The number of rotatable bonds is 6. The van der Waals surface area contributed by atoms with Crippen LogP contribution in [-0.2, 0) is 17.2 Å². The number of benzene rings is 2. The Morgan fingerprint density at radius 3 is 2.84 bits per heavy atom. The third kappa shape index (κ3) is 4.53. The van der Waals surface area contributed by atoms with E-state index < -0.39 is 11.5 Å². The molecular weight excluding hydrogens is 599 g/mol. The number of carboxylic acid groups (broad SMARTS) is 1. The van der Waals surface area contributed by atoms with Crippen LogP contribution in [0.5, 0.6) is 0 Å². The largest absolute Gasteiger partial charge is 0.465 e. The molecule has 3 aliphatic rings. The maximum Gasteiger partial charge on any atom is 0.404 e. The van der Waals surface area contributed by atoms with Crippen molar-refractivity contribution in [1.29, 1.82) is 0 Å². The van der Waals surface area contributed by atoms with Gasteiger partial charge in [0.2, 0.25) is 0 Å². The molecule has 3 aromatic heterocycles. The van der Waals surface area contributed by atoms with Crippen LogP contribution < -0.4 is 10.2 Å². The zero-order chi connectivity index (χ0) is 30.9. The highest BCUT2D eigenvalue weighted by atomic mass is 35.5. The van der Waals surface area contributed by atoms with Crippen LogP contribution in [0.25, 0.3) is 33.3 Å². The van der Waals surface area contributed by atoms with E-state index in [1.165, 1.54) is 6.07 Å². The van der Waals surface area contributed by atoms with E-state index in [0.717, 1.165) is 42.1 Å². The zero-order valence-corrected chi connectivity index (χ0v) is 25.4. The number of hydrogen-bond acceptors (Lipinski definition) is 7. The van der Waals surface area contributed by atoms with Crippen molar-refractivity contribution in [2.75, 3.05) is 31.1 Å². The molecule has 5 aromatic rings. The zero-order valence-electron chi connectivity index (χ0n) is 24.7. The molecule has 3 fully saturated rings. The molecule has 232 valence electrons. The lowest BCUT2D eigenvalue weighted by Crippen LogP contribution is -2.35. The summed E-state index contributed by atoms with van der Waals surface area (Å²) in [5.74, 6) is 0.601. The summed E-state index contributed by atoms with van der Waals surface area (Å²) in [5.41, 5.74) is 3.38. The van der Waals surface area contributed by atoms with Crippen molar-refractivity contribution in [2.45, 2.75) is 37.3 Å². The fraction of sp³-hybridized carbons (Fsp3) is 0.406. The summed E-state index contributed by atoms with van der Waals surface area (Å²) in [6.45, 7) is 2.10. The fourth-order valence-electron chi connectivity index (χ4n) is 7.71. The van der Waals surface area contributed by atoms with Gasteiger partial charge in [0.15, 0.2) is 11.9 Å². The van der Waals surface area contributed by atoms with E-state index in [4.69, 9.17) is 31.4 Å². The average Bonchev–Trinajstić information content (AvgIpc) is 3.29. The fourth-order valence-corrected chi connectivity index (χ4v) is 8.01. The summed E-state index contributed by atoms with van der Waals surface area (Å²) in [4.78, 5) is 23.7. The van der Waals surface area contributed by atoms with Crippen LogP contribution in [0.1, 0.15) is 37.5 Å². The van der Waals surface area contributed by atoms with Crippen LogP contribution in [0, 0.1) is 17.7 Å². The standard InChI is InChI=1S/C32H32ClFN8O3/c1-40-15-19-24(38-40)10-9-18(27(19)33)28-29-30(42(39-28)26-8-4-5-13-45-26)37-25(14-35-29)41-12-11-20-22(16-41)32(20,17-36-31(43)44)21-6-2-3-7-23(21)34/h2-3,6-7,9-10,14-15,20,22,26,36H,4-5,8,11-13,16-17H2,1H3,(H,43,44)/t20-,22+,26?,32-/m1/s1. The minimum Gasteiger partial charge on any atom is -0.465 e. The van der Waals surface area contributed by atoms with Crippen molar-refractivity contribution < 1.29 is 19.0 Å². The van der Waals surface area contributed by atoms with Crippen LogP contribution in [0.4, 0.5) is 15.0 Å². The molecule has 5 heterocycles. The number of carbonyl (C=O) groups is 1. The van der Waals surface area contributed by atoms with Crippen LogP contribution in [-0.4, -0.2) is 67.0 Å². The number of aromatic nitrogens is 6. The molecule has 0 radical (unpaired) electrons. The second kappa shape index (κ2) is 10.7. The number of anilines is 1. The molecule has 4 atom stereocenters. The highest BCUT2D eigenvalue weighted by Crippen LogP contribution is 2.63. The first-order chi connectivity index (χ1) is 21.8. The number of aryl methyl sites for hydroxylation is 1. The van der Waals surface area contributed by atoms with Crippen molar-refractivity contribution in [3.63, 3.8) is 0 Å². The number of piperidine rings is 1. The van der Waals surface area contributed by atoms with Crippen molar-refractivity contribution in [1.82, 2.24) is 34.8 Å². The van der Waals surface area contributed by atoms with E-state index in [-0.39, 0.29) is 30.4 Å². The molecule has 2 aliphatic heterocycles. The van der Waals surface area contributed by atoms with Crippen molar-refractivity contribution in [3.05, 3.63) is 65.2 Å². The Bertz CT molecular complexity index is 1960. The Hall–Kier alpha value is -4.29. The van der Waals surface area contributed by atoms with Crippen molar-refractivity contribution in [2.24, 2.45) is 18.9 Å². The molecule has 8 rings (SSSR count). The van der Waals surface area contributed by atoms with Gasteiger partial charge in [-0.05, 0) is 61.3 Å². The Balaban J connectivity index is 1.17. The van der Waals surface area contributed by atoms with Gasteiger partial charge in [-0.25, -0.2) is 23.8 Å². The number of fused-ring (bicyclic) bond motifs is 3. The molecule has 13 heteroatoms. The lowest BCUT2D eigenvalue weighted by atomic mass is 9.90.